The van der Waals surface area contributed by atoms with E-state index in [2.05, 4.69) is 44.8 Å². The first-order valence-corrected chi connectivity index (χ1v) is 16.1. The van der Waals surface area contributed by atoms with E-state index in [1.54, 1.807) is 10.7 Å². The average molecular weight is 696 g/mol. The molecule has 0 aliphatic heterocycles. The van der Waals surface area contributed by atoms with Gasteiger partial charge in [-0.2, -0.15) is 5.10 Å². The van der Waals surface area contributed by atoms with Gasteiger partial charge in [0.15, 0.2) is 0 Å². The molecule has 5 aromatic carbocycles. The molecule has 0 fully saturated rings. The van der Waals surface area contributed by atoms with Gasteiger partial charge in [-0.05, 0) is 60.7 Å². The standard InChI is InChI=1S/C39H24BrClN4O2/c40-28-16-21-34-27(22-28)23-32(39(46)47-34)36-33(24-44(43-36)30-14-8-3-9-15-30)38-42-35(25-10-4-1-5-11-25)37(26-12-6-2-7-13-26)45(38)31-19-17-29(41)18-20-31/h1-24H. The van der Waals surface area contributed by atoms with Crippen molar-refractivity contribution in [1.82, 2.24) is 19.3 Å². The molecular formula is C39H24BrClN4O2. The van der Waals surface area contributed by atoms with Crippen LogP contribution in [0.2, 0.25) is 5.02 Å². The van der Waals surface area contributed by atoms with Gasteiger partial charge >= 0.3 is 5.63 Å². The zero-order chi connectivity index (χ0) is 31.9. The molecule has 0 saturated carbocycles. The van der Waals surface area contributed by atoms with Gasteiger partial charge in [-0.3, -0.25) is 4.57 Å². The van der Waals surface area contributed by atoms with Crippen molar-refractivity contribution in [3.8, 4) is 56.5 Å². The van der Waals surface area contributed by atoms with Crippen LogP contribution in [0.1, 0.15) is 0 Å². The summed E-state index contributed by atoms with van der Waals surface area (Å²) in [4.78, 5) is 19.0. The topological polar surface area (TPSA) is 65.8 Å². The van der Waals surface area contributed by atoms with E-state index < -0.39 is 5.63 Å². The SMILES string of the molecule is O=c1oc2ccc(Br)cc2cc1-c1nn(-c2ccccc2)cc1-c1nc(-c2ccccc2)c(-c2ccccc2)n1-c1ccc(Cl)cc1. The predicted octanol–water partition coefficient (Wildman–Crippen LogP) is 10.2. The molecule has 0 bridgehead atoms. The number of halogens is 2. The Bertz CT molecular complexity index is 2440. The third-order valence-electron chi connectivity index (χ3n) is 7.98. The van der Waals surface area contributed by atoms with Gasteiger partial charge in [-0.15, -0.1) is 0 Å². The number of benzene rings is 5. The second kappa shape index (κ2) is 12.0. The summed E-state index contributed by atoms with van der Waals surface area (Å²) in [5.74, 6) is 0.607. The number of para-hydroxylation sites is 1. The molecule has 8 heteroatoms. The van der Waals surface area contributed by atoms with E-state index in [-0.39, 0.29) is 0 Å². The van der Waals surface area contributed by atoms with Crippen LogP contribution < -0.4 is 5.63 Å². The van der Waals surface area contributed by atoms with Crippen LogP contribution in [0.3, 0.4) is 0 Å². The molecule has 0 radical (unpaired) electrons. The summed E-state index contributed by atoms with van der Waals surface area (Å²) in [6, 6.07) is 45.1. The fourth-order valence-corrected chi connectivity index (χ4v) is 6.32. The van der Waals surface area contributed by atoms with Crippen molar-refractivity contribution in [2.24, 2.45) is 0 Å². The lowest BCUT2D eigenvalue weighted by molar-refractivity contribution is 0.563. The van der Waals surface area contributed by atoms with Gasteiger partial charge in [-0.25, -0.2) is 14.5 Å². The smallest absolute Gasteiger partial charge is 0.345 e. The van der Waals surface area contributed by atoms with Crippen molar-refractivity contribution in [2.45, 2.75) is 0 Å². The van der Waals surface area contributed by atoms with Crippen LogP contribution in [0.25, 0.3) is 67.5 Å². The maximum absolute atomic E-state index is 13.7. The van der Waals surface area contributed by atoms with E-state index in [1.165, 1.54) is 0 Å². The second-order valence-electron chi connectivity index (χ2n) is 11.0. The number of hydrogen-bond donors (Lipinski definition) is 0. The molecule has 8 aromatic rings. The largest absolute Gasteiger partial charge is 0.422 e. The fraction of sp³-hybridized carbons (Fsp3) is 0. The minimum Gasteiger partial charge on any atom is -0.422 e. The lowest BCUT2D eigenvalue weighted by Crippen LogP contribution is -2.05. The number of imidazole rings is 1. The molecular weight excluding hydrogens is 672 g/mol. The van der Waals surface area contributed by atoms with Crippen molar-refractivity contribution in [1.29, 1.82) is 0 Å². The molecule has 226 valence electrons. The van der Waals surface area contributed by atoms with E-state index in [4.69, 9.17) is 26.1 Å². The Morgan fingerprint density at radius 1 is 0.660 bits per heavy atom. The first-order chi connectivity index (χ1) is 23.0. The number of fused-ring (bicyclic) bond motifs is 1. The first-order valence-electron chi connectivity index (χ1n) is 14.9. The summed E-state index contributed by atoms with van der Waals surface area (Å²) in [7, 11) is 0. The summed E-state index contributed by atoms with van der Waals surface area (Å²) in [6.07, 6.45) is 1.92. The quantitative estimate of drug-likeness (QED) is 0.162. The Labute approximate surface area is 283 Å². The van der Waals surface area contributed by atoms with E-state index in [1.807, 2.05) is 115 Å². The third kappa shape index (κ3) is 5.39. The molecule has 8 rings (SSSR count). The van der Waals surface area contributed by atoms with Gasteiger partial charge < -0.3 is 4.42 Å². The van der Waals surface area contributed by atoms with Crippen LogP contribution >= 0.6 is 27.5 Å². The number of nitrogens with zero attached hydrogens (tertiary/aromatic N) is 4. The third-order valence-corrected chi connectivity index (χ3v) is 8.73. The summed E-state index contributed by atoms with van der Waals surface area (Å²) in [6.45, 7) is 0. The molecule has 0 N–H and O–H groups in total. The number of rotatable bonds is 6. The molecule has 0 aliphatic rings. The molecule has 6 nitrogen and oxygen atoms in total. The average Bonchev–Trinajstić information content (AvgIpc) is 3.73. The summed E-state index contributed by atoms with van der Waals surface area (Å²) in [5.41, 5.74) is 6.73. The van der Waals surface area contributed by atoms with Crippen LogP contribution in [0, 0.1) is 0 Å². The molecule has 3 heterocycles. The Hall–Kier alpha value is -5.50. The van der Waals surface area contributed by atoms with Gasteiger partial charge in [-0.1, -0.05) is 106 Å². The number of hydrogen-bond acceptors (Lipinski definition) is 4. The maximum Gasteiger partial charge on any atom is 0.345 e. The van der Waals surface area contributed by atoms with Gasteiger partial charge in [0.25, 0.3) is 0 Å². The number of aromatic nitrogens is 4. The van der Waals surface area contributed by atoms with Crippen molar-refractivity contribution in [2.75, 3.05) is 0 Å². The lowest BCUT2D eigenvalue weighted by atomic mass is 10.0. The molecule has 0 unspecified atom stereocenters. The van der Waals surface area contributed by atoms with Crippen LogP contribution in [-0.4, -0.2) is 19.3 Å². The van der Waals surface area contributed by atoms with Crippen LogP contribution in [0.15, 0.2) is 159 Å². The predicted molar refractivity (Wildman–Crippen MR) is 191 cm³/mol. The van der Waals surface area contributed by atoms with E-state index >= 15 is 0 Å². The van der Waals surface area contributed by atoms with Crippen LogP contribution in [0.4, 0.5) is 0 Å². The zero-order valence-electron chi connectivity index (χ0n) is 24.7. The van der Waals surface area contributed by atoms with Crippen LogP contribution in [0.5, 0.6) is 0 Å². The minimum atomic E-state index is -0.490. The van der Waals surface area contributed by atoms with Gasteiger partial charge in [0.1, 0.15) is 17.1 Å². The van der Waals surface area contributed by atoms with E-state index in [9.17, 15) is 4.79 Å². The van der Waals surface area contributed by atoms with Gasteiger partial charge in [0.05, 0.1) is 28.2 Å². The van der Waals surface area contributed by atoms with Crippen molar-refractivity contribution in [3.63, 3.8) is 0 Å². The Morgan fingerprint density at radius 3 is 2.02 bits per heavy atom. The normalized spacial score (nSPS) is 11.3. The highest BCUT2D eigenvalue weighted by molar-refractivity contribution is 9.10. The molecule has 47 heavy (non-hydrogen) atoms. The fourth-order valence-electron chi connectivity index (χ4n) is 5.81. The molecule has 0 amide bonds. The van der Waals surface area contributed by atoms with E-state index in [0.717, 1.165) is 43.7 Å². The van der Waals surface area contributed by atoms with Crippen molar-refractivity contribution < 1.29 is 4.42 Å². The van der Waals surface area contributed by atoms with Crippen LogP contribution in [-0.2, 0) is 0 Å². The minimum absolute atomic E-state index is 0.327. The molecule has 0 saturated heterocycles. The Kier molecular flexibility index (Phi) is 7.40. The summed E-state index contributed by atoms with van der Waals surface area (Å²) in [5, 5.41) is 6.41. The Balaban J connectivity index is 1.49. The molecule has 0 aliphatic carbocycles. The molecule has 3 aromatic heterocycles. The highest BCUT2D eigenvalue weighted by Gasteiger charge is 2.27. The highest BCUT2D eigenvalue weighted by Crippen LogP contribution is 2.41. The molecule has 0 atom stereocenters. The van der Waals surface area contributed by atoms with Crippen molar-refractivity contribution in [3.05, 3.63) is 166 Å². The second-order valence-corrected chi connectivity index (χ2v) is 12.3. The van der Waals surface area contributed by atoms with Gasteiger partial charge in [0, 0.05) is 37.9 Å². The molecule has 0 spiro atoms. The Morgan fingerprint density at radius 2 is 1.32 bits per heavy atom. The van der Waals surface area contributed by atoms with Gasteiger partial charge in [0.2, 0.25) is 0 Å². The maximum atomic E-state index is 13.7. The zero-order valence-corrected chi connectivity index (χ0v) is 27.1. The summed E-state index contributed by atoms with van der Waals surface area (Å²) >= 11 is 9.93. The van der Waals surface area contributed by atoms with Crippen molar-refractivity contribution >= 4 is 38.5 Å². The highest BCUT2D eigenvalue weighted by atomic mass is 79.9. The lowest BCUT2D eigenvalue weighted by Gasteiger charge is -2.14. The first kappa shape index (κ1) is 28.9. The van der Waals surface area contributed by atoms with E-state index in [0.29, 0.717) is 33.3 Å². The summed E-state index contributed by atoms with van der Waals surface area (Å²) < 4.78 is 10.6. The monoisotopic (exact) mass is 694 g/mol.